The van der Waals surface area contributed by atoms with Crippen LogP contribution in [-0.4, -0.2) is 26.1 Å². The zero-order valence-corrected chi connectivity index (χ0v) is 19.9. The number of pyridine rings is 1. The van der Waals surface area contributed by atoms with Crippen LogP contribution in [0.25, 0.3) is 55.4 Å². The lowest BCUT2D eigenvalue weighted by molar-refractivity contribution is -0.116. The first-order chi connectivity index (χ1) is 17.7. The Balaban J connectivity index is 1.40. The molecule has 6 rings (SSSR count). The summed E-state index contributed by atoms with van der Waals surface area (Å²) in [6.45, 7) is 2.00. The Morgan fingerprint density at radius 1 is 0.861 bits per heavy atom. The second-order valence-electron chi connectivity index (χ2n) is 8.90. The lowest BCUT2D eigenvalue weighted by atomic mass is 10.0. The summed E-state index contributed by atoms with van der Waals surface area (Å²) in [5, 5.41) is 13.0. The molecule has 0 saturated heterocycles. The third kappa shape index (κ3) is 4.03. The zero-order chi connectivity index (χ0) is 24.5. The molecule has 0 fully saturated rings. The Labute approximate surface area is 208 Å². The van der Waals surface area contributed by atoms with Crippen LogP contribution in [0.5, 0.6) is 0 Å². The summed E-state index contributed by atoms with van der Waals surface area (Å²) in [6, 6.07) is 26.7. The molecule has 0 spiro atoms. The largest absolute Gasteiger partial charge is 0.353 e. The molecule has 36 heavy (non-hydrogen) atoms. The molecular formula is C30H25N5O. The number of anilines is 1. The minimum Gasteiger partial charge on any atom is -0.353 e. The van der Waals surface area contributed by atoms with E-state index in [1.807, 2.05) is 43.5 Å². The number of nitrogens with zero attached hydrogens (tertiary/aromatic N) is 2. The number of amides is 1. The summed E-state index contributed by atoms with van der Waals surface area (Å²) in [7, 11) is 0. The van der Waals surface area contributed by atoms with Crippen molar-refractivity contribution < 1.29 is 4.79 Å². The van der Waals surface area contributed by atoms with E-state index in [9.17, 15) is 4.79 Å². The molecule has 0 unspecified atom stereocenters. The predicted octanol–water partition coefficient (Wildman–Crippen LogP) is 7.18. The van der Waals surface area contributed by atoms with E-state index in [-0.39, 0.29) is 5.91 Å². The Bertz CT molecular complexity index is 1700. The van der Waals surface area contributed by atoms with Crippen molar-refractivity contribution in [1.29, 1.82) is 0 Å². The third-order valence-corrected chi connectivity index (χ3v) is 6.41. The van der Waals surface area contributed by atoms with Gasteiger partial charge in [-0.05, 0) is 65.6 Å². The van der Waals surface area contributed by atoms with E-state index >= 15 is 0 Å². The number of carbonyl (C=O) groups excluding carboxylic acids is 1. The number of hydrogen-bond acceptors (Lipinski definition) is 3. The average Bonchev–Trinajstić information content (AvgIpc) is 3.53. The summed E-state index contributed by atoms with van der Waals surface area (Å²) in [4.78, 5) is 19.9. The second-order valence-corrected chi connectivity index (χ2v) is 8.90. The number of rotatable bonds is 6. The van der Waals surface area contributed by atoms with Crippen molar-refractivity contribution in [1.82, 2.24) is 20.2 Å². The fraction of sp³-hybridized carbons (Fsp3) is 0.100. The van der Waals surface area contributed by atoms with Gasteiger partial charge in [0.1, 0.15) is 5.69 Å². The van der Waals surface area contributed by atoms with E-state index in [2.05, 4.69) is 74.0 Å². The summed E-state index contributed by atoms with van der Waals surface area (Å²) < 4.78 is 0. The Morgan fingerprint density at radius 3 is 2.58 bits per heavy atom. The molecule has 0 bridgehead atoms. The maximum absolute atomic E-state index is 12.1. The number of hydrogen-bond donors (Lipinski definition) is 3. The fourth-order valence-electron chi connectivity index (χ4n) is 4.68. The number of aromatic nitrogens is 4. The molecule has 3 aromatic carbocycles. The van der Waals surface area contributed by atoms with Gasteiger partial charge in [-0.1, -0.05) is 43.3 Å². The number of aromatic amines is 2. The predicted molar refractivity (Wildman–Crippen MR) is 146 cm³/mol. The van der Waals surface area contributed by atoms with Crippen molar-refractivity contribution in [2.75, 3.05) is 5.32 Å². The molecule has 6 aromatic rings. The Kier molecular flexibility index (Phi) is 5.54. The molecule has 6 heteroatoms. The van der Waals surface area contributed by atoms with Gasteiger partial charge in [0.15, 0.2) is 0 Å². The number of fused-ring (bicyclic) bond motifs is 2. The number of benzene rings is 3. The highest BCUT2D eigenvalue weighted by molar-refractivity contribution is 6.02. The molecule has 0 aliphatic rings. The lowest BCUT2D eigenvalue weighted by Crippen LogP contribution is -2.10. The summed E-state index contributed by atoms with van der Waals surface area (Å²) in [5.74, 6) is 0.0340. The summed E-state index contributed by atoms with van der Waals surface area (Å²) in [5.41, 5.74) is 8.94. The van der Waals surface area contributed by atoms with Crippen LogP contribution in [0.15, 0.2) is 91.3 Å². The third-order valence-electron chi connectivity index (χ3n) is 6.41. The van der Waals surface area contributed by atoms with Gasteiger partial charge in [0.25, 0.3) is 0 Å². The molecule has 3 heterocycles. The van der Waals surface area contributed by atoms with E-state index in [1.54, 1.807) is 6.20 Å². The molecule has 3 N–H and O–H groups in total. The van der Waals surface area contributed by atoms with Gasteiger partial charge in [0.2, 0.25) is 5.91 Å². The van der Waals surface area contributed by atoms with E-state index in [0.717, 1.165) is 67.6 Å². The highest BCUT2D eigenvalue weighted by Crippen LogP contribution is 2.35. The minimum absolute atomic E-state index is 0.0340. The van der Waals surface area contributed by atoms with Crippen molar-refractivity contribution in [3.8, 4) is 33.6 Å². The molecular weight excluding hydrogens is 446 g/mol. The average molecular weight is 472 g/mol. The molecule has 0 aliphatic heterocycles. The quantitative estimate of drug-likeness (QED) is 0.240. The second kappa shape index (κ2) is 9.15. The van der Waals surface area contributed by atoms with Crippen LogP contribution in [0.2, 0.25) is 0 Å². The number of H-pyrrole nitrogens is 2. The van der Waals surface area contributed by atoms with Crippen LogP contribution in [-0.2, 0) is 4.79 Å². The van der Waals surface area contributed by atoms with Crippen LogP contribution in [0.4, 0.5) is 5.69 Å². The van der Waals surface area contributed by atoms with Crippen LogP contribution in [0.1, 0.15) is 19.8 Å². The SMILES string of the molecule is CCCC(=O)Nc1cccc(-c2ccc3[nH]nc(-c4cc5c(-c6cccnc6)cccc5[nH]4)c3c2)c1. The van der Waals surface area contributed by atoms with Crippen molar-refractivity contribution in [3.05, 3.63) is 91.3 Å². The summed E-state index contributed by atoms with van der Waals surface area (Å²) in [6.07, 6.45) is 5.01. The van der Waals surface area contributed by atoms with E-state index < -0.39 is 0 Å². The van der Waals surface area contributed by atoms with Crippen molar-refractivity contribution in [2.45, 2.75) is 19.8 Å². The molecule has 0 atom stereocenters. The number of nitrogens with one attached hydrogen (secondary N) is 3. The van der Waals surface area contributed by atoms with Gasteiger partial charge in [-0.15, -0.1) is 0 Å². The molecule has 176 valence electrons. The molecule has 0 aliphatic carbocycles. The van der Waals surface area contributed by atoms with Crippen molar-refractivity contribution in [2.24, 2.45) is 0 Å². The molecule has 3 aromatic heterocycles. The van der Waals surface area contributed by atoms with Gasteiger partial charge in [0.05, 0.1) is 11.2 Å². The fourth-order valence-corrected chi connectivity index (χ4v) is 4.68. The normalized spacial score (nSPS) is 11.2. The maximum atomic E-state index is 12.1. The molecule has 0 saturated carbocycles. The summed E-state index contributed by atoms with van der Waals surface area (Å²) >= 11 is 0. The standard InChI is InChI=1S/C30H25N5O/c1-2-6-29(36)32-22-9-3-7-19(15-22)20-12-13-27-25(16-20)30(35-34-27)28-17-24-23(10-4-11-26(24)33-28)21-8-5-14-31-18-21/h3-5,7-18,33H,2,6H2,1H3,(H,32,36)(H,34,35). The minimum atomic E-state index is 0.0340. The van der Waals surface area contributed by atoms with E-state index in [4.69, 9.17) is 0 Å². The van der Waals surface area contributed by atoms with E-state index in [0.29, 0.717) is 6.42 Å². The molecule has 0 radical (unpaired) electrons. The molecule has 1 amide bonds. The van der Waals surface area contributed by atoms with Crippen molar-refractivity contribution in [3.63, 3.8) is 0 Å². The highest BCUT2D eigenvalue weighted by atomic mass is 16.1. The van der Waals surface area contributed by atoms with Gasteiger partial charge < -0.3 is 10.3 Å². The van der Waals surface area contributed by atoms with Gasteiger partial charge >= 0.3 is 0 Å². The van der Waals surface area contributed by atoms with Crippen LogP contribution < -0.4 is 5.32 Å². The van der Waals surface area contributed by atoms with Crippen molar-refractivity contribution >= 4 is 33.4 Å². The van der Waals surface area contributed by atoms with Gasteiger partial charge in [-0.3, -0.25) is 14.9 Å². The zero-order valence-electron chi connectivity index (χ0n) is 19.9. The van der Waals surface area contributed by atoms with Gasteiger partial charge in [0, 0.05) is 46.4 Å². The van der Waals surface area contributed by atoms with E-state index in [1.165, 1.54) is 0 Å². The van der Waals surface area contributed by atoms with Gasteiger partial charge in [-0.25, -0.2) is 0 Å². The van der Waals surface area contributed by atoms with Crippen LogP contribution >= 0.6 is 0 Å². The van der Waals surface area contributed by atoms with Crippen LogP contribution in [0.3, 0.4) is 0 Å². The lowest BCUT2D eigenvalue weighted by Gasteiger charge is -2.08. The molecule has 6 nitrogen and oxygen atoms in total. The first-order valence-electron chi connectivity index (χ1n) is 12.1. The smallest absolute Gasteiger partial charge is 0.224 e. The topological polar surface area (TPSA) is 86.5 Å². The maximum Gasteiger partial charge on any atom is 0.224 e. The number of carbonyl (C=O) groups is 1. The Hall–Kier alpha value is -4.71. The first-order valence-corrected chi connectivity index (χ1v) is 12.1. The van der Waals surface area contributed by atoms with Crippen LogP contribution in [0, 0.1) is 0 Å². The highest BCUT2D eigenvalue weighted by Gasteiger charge is 2.14. The first kappa shape index (κ1) is 21.8. The van der Waals surface area contributed by atoms with Gasteiger partial charge in [-0.2, -0.15) is 5.10 Å². The Morgan fingerprint density at radius 2 is 1.72 bits per heavy atom. The monoisotopic (exact) mass is 471 g/mol.